The summed E-state index contributed by atoms with van der Waals surface area (Å²) in [5, 5.41) is 6.78. The highest BCUT2D eigenvalue weighted by atomic mass is 16.5. The average Bonchev–Trinajstić information content (AvgIpc) is 3.29. The number of hydrogen-bond donors (Lipinski definition) is 1. The Balaban J connectivity index is 1.62. The standard InChI is InChI=1S/C19H20N4O2/c1-3-23-11-7-10-16(23)18-21-17(25-22-18)13-20-19(24)14(2)12-15-8-5-4-6-9-15/h4-12H,3,13H2,1-2H3,(H,20,24). The van der Waals surface area contributed by atoms with Crippen molar-refractivity contribution in [3.63, 3.8) is 0 Å². The molecule has 0 bridgehead atoms. The summed E-state index contributed by atoms with van der Waals surface area (Å²) in [6.07, 6.45) is 3.80. The number of carbonyl (C=O) groups excluding carboxylic acids is 1. The number of amides is 1. The summed E-state index contributed by atoms with van der Waals surface area (Å²) in [5.74, 6) is 0.730. The number of nitrogens with zero attached hydrogens (tertiary/aromatic N) is 3. The largest absolute Gasteiger partial charge is 0.345 e. The average molecular weight is 336 g/mol. The zero-order valence-electron chi connectivity index (χ0n) is 14.3. The number of nitrogens with one attached hydrogen (secondary N) is 1. The maximum atomic E-state index is 12.2. The number of carbonyl (C=O) groups is 1. The van der Waals surface area contributed by atoms with Gasteiger partial charge in [-0.25, -0.2) is 0 Å². The van der Waals surface area contributed by atoms with Crippen LogP contribution in [-0.2, 0) is 17.9 Å². The van der Waals surface area contributed by atoms with Gasteiger partial charge in [-0.2, -0.15) is 4.98 Å². The molecule has 1 aromatic carbocycles. The van der Waals surface area contributed by atoms with E-state index in [2.05, 4.69) is 15.5 Å². The summed E-state index contributed by atoms with van der Waals surface area (Å²) in [6, 6.07) is 13.6. The first kappa shape index (κ1) is 16.7. The van der Waals surface area contributed by atoms with E-state index >= 15 is 0 Å². The van der Waals surface area contributed by atoms with E-state index in [0.717, 1.165) is 17.8 Å². The lowest BCUT2D eigenvalue weighted by Crippen LogP contribution is -2.23. The van der Waals surface area contributed by atoms with E-state index in [-0.39, 0.29) is 12.5 Å². The van der Waals surface area contributed by atoms with Crippen LogP contribution in [0.2, 0.25) is 0 Å². The third-order valence-electron chi connectivity index (χ3n) is 3.81. The van der Waals surface area contributed by atoms with E-state index in [1.165, 1.54) is 0 Å². The van der Waals surface area contributed by atoms with E-state index in [0.29, 0.717) is 17.3 Å². The Hall–Kier alpha value is -3.15. The Bertz CT molecular complexity index is 878. The molecule has 2 heterocycles. The van der Waals surface area contributed by atoms with Crippen LogP contribution in [0.1, 0.15) is 25.3 Å². The maximum Gasteiger partial charge on any atom is 0.247 e. The van der Waals surface area contributed by atoms with Gasteiger partial charge in [0.1, 0.15) is 0 Å². The Labute approximate surface area is 146 Å². The summed E-state index contributed by atoms with van der Waals surface area (Å²) in [6.45, 7) is 4.84. The predicted molar refractivity (Wildman–Crippen MR) is 95.3 cm³/mol. The molecule has 3 rings (SSSR count). The molecule has 0 fully saturated rings. The van der Waals surface area contributed by atoms with Gasteiger partial charge in [0.25, 0.3) is 0 Å². The van der Waals surface area contributed by atoms with Crippen molar-refractivity contribution in [1.82, 2.24) is 20.0 Å². The second-order valence-electron chi connectivity index (χ2n) is 5.61. The predicted octanol–water partition coefficient (Wildman–Crippen LogP) is 3.28. The fourth-order valence-electron chi connectivity index (χ4n) is 2.48. The van der Waals surface area contributed by atoms with Crippen LogP contribution in [0.25, 0.3) is 17.6 Å². The zero-order chi connectivity index (χ0) is 17.6. The smallest absolute Gasteiger partial charge is 0.247 e. The van der Waals surface area contributed by atoms with Crippen LogP contribution in [0, 0.1) is 0 Å². The van der Waals surface area contributed by atoms with Gasteiger partial charge in [-0.15, -0.1) is 0 Å². The van der Waals surface area contributed by atoms with Crippen LogP contribution >= 0.6 is 0 Å². The molecule has 2 aromatic heterocycles. The molecular formula is C19H20N4O2. The Morgan fingerprint density at radius 2 is 2.04 bits per heavy atom. The molecule has 0 saturated heterocycles. The van der Waals surface area contributed by atoms with E-state index < -0.39 is 0 Å². The van der Waals surface area contributed by atoms with Gasteiger partial charge in [-0.3, -0.25) is 4.79 Å². The molecule has 25 heavy (non-hydrogen) atoms. The molecule has 1 amide bonds. The Morgan fingerprint density at radius 1 is 1.24 bits per heavy atom. The molecule has 0 aliphatic carbocycles. The van der Waals surface area contributed by atoms with E-state index in [1.807, 2.05) is 66.2 Å². The van der Waals surface area contributed by atoms with Crippen molar-refractivity contribution in [3.05, 3.63) is 65.7 Å². The van der Waals surface area contributed by atoms with Crippen LogP contribution < -0.4 is 5.32 Å². The summed E-state index contributed by atoms with van der Waals surface area (Å²) in [5.41, 5.74) is 2.49. The van der Waals surface area contributed by atoms with Gasteiger partial charge in [0.2, 0.25) is 17.6 Å². The summed E-state index contributed by atoms with van der Waals surface area (Å²) in [4.78, 5) is 16.5. The van der Waals surface area contributed by atoms with Crippen LogP contribution in [-0.4, -0.2) is 20.6 Å². The second-order valence-corrected chi connectivity index (χ2v) is 5.61. The van der Waals surface area contributed by atoms with Gasteiger partial charge in [0.05, 0.1) is 12.2 Å². The fourth-order valence-corrected chi connectivity index (χ4v) is 2.48. The molecule has 6 heteroatoms. The number of rotatable bonds is 6. The first-order valence-electron chi connectivity index (χ1n) is 8.17. The third-order valence-corrected chi connectivity index (χ3v) is 3.81. The molecule has 6 nitrogen and oxygen atoms in total. The molecule has 0 radical (unpaired) electrons. The molecule has 0 aliphatic heterocycles. The van der Waals surface area contributed by atoms with Crippen molar-refractivity contribution in [3.8, 4) is 11.5 Å². The van der Waals surface area contributed by atoms with Crippen molar-refractivity contribution in [2.75, 3.05) is 0 Å². The van der Waals surface area contributed by atoms with Crippen LogP contribution in [0.4, 0.5) is 0 Å². The Kier molecular flexibility index (Phi) is 5.09. The highest BCUT2D eigenvalue weighted by Crippen LogP contribution is 2.16. The number of benzene rings is 1. The molecular weight excluding hydrogens is 316 g/mol. The van der Waals surface area contributed by atoms with Crippen LogP contribution in [0.5, 0.6) is 0 Å². The van der Waals surface area contributed by atoms with Gasteiger partial charge >= 0.3 is 0 Å². The number of hydrogen-bond acceptors (Lipinski definition) is 4. The summed E-state index contributed by atoms with van der Waals surface area (Å²) >= 11 is 0. The van der Waals surface area contributed by atoms with Gasteiger partial charge < -0.3 is 14.4 Å². The highest BCUT2D eigenvalue weighted by molar-refractivity contribution is 5.97. The SMILES string of the molecule is CCn1cccc1-c1noc(CNC(=O)C(C)=Cc2ccccc2)n1. The van der Waals surface area contributed by atoms with E-state index in [9.17, 15) is 4.79 Å². The molecule has 1 N–H and O–H groups in total. The van der Waals surface area contributed by atoms with Crippen LogP contribution in [0.15, 0.2) is 58.8 Å². The topological polar surface area (TPSA) is 73.0 Å². The van der Waals surface area contributed by atoms with Crippen molar-refractivity contribution in [2.24, 2.45) is 0 Å². The molecule has 0 atom stereocenters. The summed E-state index contributed by atoms with van der Waals surface area (Å²) < 4.78 is 7.26. The fraction of sp³-hybridized carbons (Fsp3) is 0.211. The summed E-state index contributed by atoms with van der Waals surface area (Å²) in [7, 11) is 0. The van der Waals surface area contributed by atoms with Crippen molar-refractivity contribution < 1.29 is 9.32 Å². The zero-order valence-corrected chi connectivity index (χ0v) is 14.3. The van der Waals surface area contributed by atoms with E-state index in [4.69, 9.17) is 4.52 Å². The monoisotopic (exact) mass is 336 g/mol. The third kappa shape index (κ3) is 4.03. The lowest BCUT2D eigenvalue weighted by atomic mass is 10.1. The number of aromatic nitrogens is 3. The minimum atomic E-state index is -0.166. The molecule has 128 valence electrons. The van der Waals surface area contributed by atoms with Crippen molar-refractivity contribution in [2.45, 2.75) is 26.9 Å². The van der Waals surface area contributed by atoms with E-state index in [1.54, 1.807) is 6.92 Å². The first-order chi connectivity index (χ1) is 12.2. The van der Waals surface area contributed by atoms with Crippen LogP contribution in [0.3, 0.4) is 0 Å². The molecule has 0 unspecified atom stereocenters. The molecule has 0 saturated carbocycles. The lowest BCUT2D eigenvalue weighted by Gasteiger charge is -2.03. The highest BCUT2D eigenvalue weighted by Gasteiger charge is 2.13. The van der Waals surface area contributed by atoms with Gasteiger partial charge in [0.15, 0.2) is 0 Å². The lowest BCUT2D eigenvalue weighted by molar-refractivity contribution is -0.117. The second kappa shape index (κ2) is 7.61. The van der Waals surface area contributed by atoms with Crippen molar-refractivity contribution >= 4 is 12.0 Å². The van der Waals surface area contributed by atoms with Gasteiger partial charge in [-0.1, -0.05) is 35.5 Å². The minimum absolute atomic E-state index is 0.166. The first-order valence-corrected chi connectivity index (χ1v) is 8.17. The van der Waals surface area contributed by atoms with Crippen molar-refractivity contribution in [1.29, 1.82) is 0 Å². The van der Waals surface area contributed by atoms with Gasteiger partial charge in [-0.05, 0) is 37.6 Å². The minimum Gasteiger partial charge on any atom is -0.345 e. The Morgan fingerprint density at radius 3 is 2.80 bits per heavy atom. The normalized spacial score (nSPS) is 11.5. The van der Waals surface area contributed by atoms with Gasteiger partial charge in [0, 0.05) is 18.3 Å². The quantitative estimate of drug-likeness (QED) is 0.701. The molecule has 0 aliphatic rings. The molecule has 3 aromatic rings. The number of aryl methyl sites for hydroxylation is 1. The maximum absolute atomic E-state index is 12.2. The molecule has 0 spiro atoms.